The predicted molar refractivity (Wildman–Crippen MR) is 80.5 cm³/mol. The molecule has 0 fully saturated rings. The molecule has 0 saturated heterocycles. The molecule has 5 heteroatoms. The van der Waals surface area contributed by atoms with Gasteiger partial charge in [-0.3, -0.25) is 4.79 Å². The van der Waals surface area contributed by atoms with Crippen molar-refractivity contribution in [3.8, 4) is 0 Å². The minimum atomic E-state index is -0.231. The summed E-state index contributed by atoms with van der Waals surface area (Å²) in [5.41, 5.74) is 1.02. The number of amides is 1. The summed E-state index contributed by atoms with van der Waals surface area (Å²) < 4.78 is 0. The summed E-state index contributed by atoms with van der Waals surface area (Å²) in [7, 11) is 0. The van der Waals surface area contributed by atoms with Gasteiger partial charge in [-0.15, -0.1) is 0 Å². The molecule has 1 amide bonds. The first-order valence-corrected chi connectivity index (χ1v) is 6.95. The van der Waals surface area contributed by atoms with E-state index in [0.29, 0.717) is 13.2 Å². The van der Waals surface area contributed by atoms with E-state index in [0.717, 1.165) is 25.2 Å². The number of hydrogen-bond donors (Lipinski definition) is 1. The summed E-state index contributed by atoms with van der Waals surface area (Å²) in [4.78, 5) is 18.8. The van der Waals surface area contributed by atoms with E-state index in [2.05, 4.69) is 29.2 Å². The summed E-state index contributed by atoms with van der Waals surface area (Å²) >= 11 is 0. The van der Waals surface area contributed by atoms with Gasteiger partial charge in [0.2, 0.25) is 0 Å². The molecule has 0 aliphatic rings. The third-order valence-electron chi connectivity index (χ3n) is 2.94. The van der Waals surface area contributed by atoms with Crippen LogP contribution in [0.5, 0.6) is 0 Å². The third kappa shape index (κ3) is 6.89. The number of nitrogens with one attached hydrogen (secondary N) is 1. The van der Waals surface area contributed by atoms with Crippen molar-refractivity contribution in [1.29, 1.82) is 0 Å². The zero-order valence-electron chi connectivity index (χ0n) is 12.2. The van der Waals surface area contributed by atoms with Crippen molar-refractivity contribution in [2.45, 2.75) is 20.5 Å². The normalized spacial score (nSPS) is 10.9. The van der Waals surface area contributed by atoms with E-state index in [1.165, 1.54) is 6.21 Å². The van der Waals surface area contributed by atoms with Gasteiger partial charge in [-0.2, -0.15) is 0 Å². The highest BCUT2D eigenvalue weighted by Crippen LogP contribution is 1.99. The molecule has 0 aliphatic carbocycles. The van der Waals surface area contributed by atoms with Crippen molar-refractivity contribution in [2.75, 3.05) is 26.2 Å². The molecule has 0 aliphatic heterocycles. The summed E-state index contributed by atoms with van der Waals surface area (Å²) in [5, 5.41) is 6.42. The van der Waals surface area contributed by atoms with Crippen molar-refractivity contribution in [3.63, 3.8) is 0 Å². The van der Waals surface area contributed by atoms with Crippen LogP contribution in [0.2, 0.25) is 0 Å². The zero-order chi connectivity index (χ0) is 14.6. The van der Waals surface area contributed by atoms with Gasteiger partial charge in [0.1, 0.15) is 12.8 Å². The Morgan fingerprint density at radius 3 is 2.65 bits per heavy atom. The largest absolute Gasteiger partial charge is 0.391 e. The van der Waals surface area contributed by atoms with Gasteiger partial charge in [0.25, 0.3) is 5.91 Å². The third-order valence-corrected chi connectivity index (χ3v) is 2.94. The van der Waals surface area contributed by atoms with Gasteiger partial charge < -0.3 is 15.1 Å². The van der Waals surface area contributed by atoms with E-state index < -0.39 is 0 Å². The molecule has 1 rings (SSSR count). The second-order valence-corrected chi connectivity index (χ2v) is 4.31. The van der Waals surface area contributed by atoms with Crippen LogP contribution < -0.4 is 5.32 Å². The summed E-state index contributed by atoms with van der Waals surface area (Å²) in [5.74, 6) is -0.231. The van der Waals surface area contributed by atoms with Gasteiger partial charge >= 0.3 is 0 Å². The van der Waals surface area contributed by atoms with E-state index in [9.17, 15) is 4.79 Å². The molecule has 1 N–H and O–H groups in total. The Balaban J connectivity index is 2.14. The van der Waals surface area contributed by atoms with Crippen molar-refractivity contribution >= 4 is 12.1 Å². The molecule has 0 heterocycles. The molecule has 1 aromatic rings. The molecular weight excluding hydrogens is 254 g/mol. The van der Waals surface area contributed by atoms with Gasteiger partial charge in [0.05, 0.1) is 0 Å². The molecule has 0 aromatic heterocycles. The fourth-order valence-electron chi connectivity index (χ4n) is 1.69. The van der Waals surface area contributed by atoms with Gasteiger partial charge in [-0.1, -0.05) is 49.3 Å². The topological polar surface area (TPSA) is 53.9 Å². The zero-order valence-corrected chi connectivity index (χ0v) is 12.2. The number of nitrogens with zero attached hydrogens (tertiary/aromatic N) is 2. The van der Waals surface area contributed by atoms with Crippen molar-refractivity contribution in [1.82, 2.24) is 10.2 Å². The van der Waals surface area contributed by atoms with Crippen LogP contribution >= 0.6 is 0 Å². The lowest BCUT2D eigenvalue weighted by molar-refractivity contribution is -0.114. The number of rotatable bonds is 9. The molecule has 20 heavy (non-hydrogen) atoms. The van der Waals surface area contributed by atoms with Crippen LogP contribution in [0.25, 0.3) is 0 Å². The Labute approximate surface area is 120 Å². The van der Waals surface area contributed by atoms with Crippen LogP contribution in [0.15, 0.2) is 35.5 Å². The highest BCUT2D eigenvalue weighted by molar-refractivity contribution is 6.26. The standard InChI is InChI=1S/C15H23N3O2/c1-3-18(4-2)11-10-16-15(19)12-17-20-13-14-8-6-5-7-9-14/h5-9,12H,3-4,10-11,13H2,1-2H3,(H,16,19)/b17-12+. The molecular formula is C15H23N3O2. The number of carbonyl (C=O) groups is 1. The van der Waals surface area contributed by atoms with E-state index in [-0.39, 0.29) is 5.91 Å². The smallest absolute Gasteiger partial charge is 0.265 e. The number of hydrogen-bond acceptors (Lipinski definition) is 4. The number of benzene rings is 1. The second-order valence-electron chi connectivity index (χ2n) is 4.31. The van der Waals surface area contributed by atoms with Crippen LogP contribution in [0.1, 0.15) is 19.4 Å². The fourth-order valence-corrected chi connectivity index (χ4v) is 1.69. The van der Waals surface area contributed by atoms with Gasteiger partial charge in [0.15, 0.2) is 0 Å². The van der Waals surface area contributed by atoms with E-state index in [1.54, 1.807) is 0 Å². The first-order chi connectivity index (χ1) is 9.76. The van der Waals surface area contributed by atoms with E-state index in [4.69, 9.17) is 4.84 Å². The highest BCUT2D eigenvalue weighted by atomic mass is 16.6. The average molecular weight is 277 g/mol. The summed E-state index contributed by atoms with van der Waals surface area (Å²) in [6, 6.07) is 9.69. The van der Waals surface area contributed by atoms with Crippen LogP contribution in [0.4, 0.5) is 0 Å². The SMILES string of the molecule is CCN(CC)CCNC(=O)/C=N/OCc1ccccc1. The quantitative estimate of drug-likeness (QED) is 0.551. The molecule has 1 aromatic carbocycles. The lowest BCUT2D eigenvalue weighted by Crippen LogP contribution is -2.35. The van der Waals surface area contributed by atoms with Gasteiger partial charge in [0, 0.05) is 13.1 Å². The lowest BCUT2D eigenvalue weighted by atomic mass is 10.2. The molecule has 0 unspecified atom stereocenters. The van der Waals surface area contributed by atoms with Crippen LogP contribution in [-0.4, -0.2) is 43.2 Å². The van der Waals surface area contributed by atoms with Crippen molar-refractivity contribution in [2.24, 2.45) is 5.16 Å². The first kappa shape index (κ1) is 16.2. The van der Waals surface area contributed by atoms with E-state index in [1.807, 2.05) is 30.3 Å². The fraction of sp³-hybridized carbons (Fsp3) is 0.467. The molecule has 0 saturated carbocycles. The minimum absolute atomic E-state index is 0.231. The monoisotopic (exact) mass is 277 g/mol. The maximum Gasteiger partial charge on any atom is 0.265 e. The molecule has 5 nitrogen and oxygen atoms in total. The Bertz CT molecular complexity index is 403. The number of carbonyl (C=O) groups excluding carboxylic acids is 1. The molecule has 0 bridgehead atoms. The second kappa shape index (κ2) is 9.97. The molecule has 0 radical (unpaired) electrons. The number of oxime groups is 1. The van der Waals surface area contributed by atoms with Crippen LogP contribution in [-0.2, 0) is 16.2 Å². The first-order valence-electron chi connectivity index (χ1n) is 6.95. The van der Waals surface area contributed by atoms with E-state index >= 15 is 0 Å². The van der Waals surface area contributed by atoms with Crippen molar-refractivity contribution in [3.05, 3.63) is 35.9 Å². The lowest BCUT2D eigenvalue weighted by Gasteiger charge is -2.17. The minimum Gasteiger partial charge on any atom is -0.391 e. The van der Waals surface area contributed by atoms with Crippen molar-refractivity contribution < 1.29 is 9.63 Å². The summed E-state index contributed by atoms with van der Waals surface area (Å²) in [6.45, 7) is 8.00. The Hall–Kier alpha value is -1.88. The maximum absolute atomic E-state index is 11.5. The Morgan fingerprint density at radius 2 is 2.00 bits per heavy atom. The Kier molecular flexibility index (Phi) is 8.07. The molecule has 110 valence electrons. The van der Waals surface area contributed by atoms with Gasteiger partial charge in [-0.05, 0) is 18.7 Å². The number of likely N-dealkylation sites (N-methyl/N-ethyl adjacent to an activating group) is 1. The van der Waals surface area contributed by atoms with Crippen LogP contribution in [0, 0.1) is 0 Å². The predicted octanol–water partition coefficient (Wildman–Crippen LogP) is 1.65. The highest BCUT2D eigenvalue weighted by Gasteiger charge is 2.00. The molecule has 0 atom stereocenters. The maximum atomic E-state index is 11.5. The molecule has 0 spiro atoms. The van der Waals surface area contributed by atoms with Gasteiger partial charge in [-0.25, -0.2) is 0 Å². The summed E-state index contributed by atoms with van der Waals surface area (Å²) in [6.07, 6.45) is 1.17. The Morgan fingerprint density at radius 1 is 1.30 bits per heavy atom. The van der Waals surface area contributed by atoms with Crippen LogP contribution in [0.3, 0.4) is 0 Å². The average Bonchev–Trinajstić information content (AvgIpc) is 2.49.